The van der Waals surface area contributed by atoms with Gasteiger partial charge in [-0.2, -0.15) is 0 Å². The molecule has 0 radical (unpaired) electrons. The van der Waals surface area contributed by atoms with E-state index < -0.39 is 0 Å². The van der Waals surface area contributed by atoms with Crippen LogP contribution in [-0.2, 0) is 11.2 Å². The van der Waals surface area contributed by atoms with Gasteiger partial charge in [-0.3, -0.25) is 4.79 Å². The number of carbonyl (C=O) groups excluding carboxylic acids is 1. The highest BCUT2D eigenvalue weighted by molar-refractivity contribution is 6.30. The van der Waals surface area contributed by atoms with Gasteiger partial charge in [0.2, 0.25) is 5.91 Å². The Morgan fingerprint density at radius 2 is 2.24 bits per heavy atom. The number of pyridine rings is 1. The van der Waals surface area contributed by atoms with Crippen molar-refractivity contribution in [3.8, 4) is 5.75 Å². The first-order chi connectivity index (χ1) is 10.1. The van der Waals surface area contributed by atoms with Crippen LogP contribution in [0, 0.1) is 12.8 Å². The molecule has 108 valence electrons. The number of ether oxygens (including phenoxy) is 1. The summed E-state index contributed by atoms with van der Waals surface area (Å²) in [5.74, 6) is 1.05. The highest BCUT2D eigenvalue weighted by Gasteiger charge is 2.26. The molecule has 3 rings (SSSR count). The predicted molar refractivity (Wildman–Crippen MR) is 81.7 cm³/mol. The van der Waals surface area contributed by atoms with Gasteiger partial charge in [0.1, 0.15) is 18.2 Å². The van der Waals surface area contributed by atoms with E-state index in [2.05, 4.69) is 10.3 Å². The quantitative estimate of drug-likeness (QED) is 0.926. The molecule has 1 aliphatic heterocycles. The molecule has 0 bridgehead atoms. The zero-order valence-corrected chi connectivity index (χ0v) is 12.4. The van der Waals surface area contributed by atoms with Crippen molar-refractivity contribution in [2.75, 3.05) is 11.9 Å². The highest BCUT2D eigenvalue weighted by atomic mass is 35.5. The molecule has 4 nitrogen and oxygen atoms in total. The molecule has 1 aliphatic rings. The summed E-state index contributed by atoms with van der Waals surface area (Å²) >= 11 is 5.99. The molecule has 5 heteroatoms. The Labute approximate surface area is 128 Å². The van der Waals surface area contributed by atoms with E-state index in [-0.39, 0.29) is 11.8 Å². The number of carbonyl (C=O) groups is 1. The molecule has 0 saturated heterocycles. The summed E-state index contributed by atoms with van der Waals surface area (Å²) in [6.07, 6.45) is 2.30. The number of nitrogens with zero attached hydrogens (tertiary/aromatic N) is 1. The van der Waals surface area contributed by atoms with Gasteiger partial charge in [0.15, 0.2) is 0 Å². The van der Waals surface area contributed by atoms with Crippen LogP contribution in [0.3, 0.4) is 0 Å². The monoisotopic (exact) mass is 302 g/mol. The molecule has 0 spiro atoms. The van der Waals surface area contributed by atoms with Crippen molar-refractivity contribution in [2.45, 2.75) is 13.3 Å². The van der Waals surface area contributed by atoms with Gasteiger partial charge in [0.05, 0.1) is 5.92 Å². The second-order valence-corrected chi connectivity index (χ2v) is 5.61. The number of amides is 1. The first kappa shape index (κ1) is 13.9. The predicted octanol–water partition coefficient (Wildman–Crippen LogP) is 3.23. The first-order valence-electron chi connectivity index (χ1n) is 6.76. The fourth-order valence-electron chi connectivity index (χ4n) is 2.36. The second kappa shape index (κ2) is 5.74. The van der Waals surface area contributed by atoms with Crippen molar-refractivity contribution >= 4 is 23.3 Å². The minimum Gasteiger partial charge on any atom is -0.492 e. The standard InChI is InChI=1S/C16H15ClN2O2/c1-10-4-5-18-15(6-10)19-16(20)12-7-11-8-13(17)2-3-14(11)21-9-12/h2-6,8,12H,7,9H2,1H3,(H,18,19,20). The lowest BCUT2D eigenvalue weighted by Gasteiger charge is -2.24. The fraction of sp³-hybridized carbons (Fsp3) is 0.250. The van der Waals surface area contributed by atoms with Crippen molar-refractivity contribution < 1.29 is 9.53 Å². The van der Waals surface area contributed by atoms with Crippen molar-refractivity contribution in [1.29, 1.82) is 0 Å². The Bertz CT molecular complexity index is 688. The van der Waals surface area contributed by atoms with Gasteiger partial charge in [-0.15, -0.1) is 0 Å². The third-order valence-electron chi connectivity index (χ3n) is 3.47. The SMILES string of the molecule is Cc1ccnc(NC(=O)C2COc3ccc(Cl)cc3C2)c1. The van der Waals surface area contributed by atoms with Gasteiger partial charge < -0.3 is 10.1 Å². The van der Waals surface area contributed by atoms with E-state index in [4.69, 9.17) is 16.3 Å². The molecule has 1 aromatic carbocycles. The Morgan fingerprint density at radius 1 is 1.38 bits per heavy atom. The summed E-state index contributed by atoms with van der Waals surface area (Å²) in [5, 5.41) is 3.49. The lowest BCUT2D eigenvalue weighted by atomic mass is 9.96. The minimum absolute atomic E-state index is 0.0845. The van der Waals surface area contributed by atoms with Crippen LogP contribution in [0.1, 0.15) is 11.1 Å². The average Bonchev–Trinajstić information content (AvgIpc) is 2.46. The smallest absolute Gasteiger partial charge is 0.232 e. The number of fused-ring (bicyclic) bond motifs is 1. The van der Waals surface area contributed by atoms with Crippen LogP contribution in [0.15, 0.2) is 36.5 Å². The van der Waals surface area contributed by atoms with Crippen molar-refractivity contribution in [2.24, 2.45) is 5.92 Å². The van der Waals surface area contributed by atoms with Crippen LogP contribution in [0.25, 0.3) is 0 Å². The molecule has 0 aliphatic carbocycles. The number of nitrogens with one attached hydrogen (secondary N) is 1. The highest BCUT2D eigenvalue weighted by Crippen LogP contribution is 2.30. The third kappa shape index (κ3) is 3.16. The molecule has 1 unspecified atom stereocenters. The maximum absolute atomic E-state index is 12.3. The largest absolute Gasteiger partial charge is 0.492 e. The van der Waals surface area contributed by atoms with Crippen molar-refractivity contribution in [3.05, 3.63) is 52.7 Å². The Kier molecular flexibility index (Phi) is 3.80. The van der Waals surface area contributed by atoms with Gasteiger partial charge >= 0.3 is 0 Å². The molecule has 2 heterocycles. The van der Waals surface area contributed by atoms with Crippen LogP contribution in [0.4, 0.5) is 5.82 Å². The first-order valence-corrected chi connectivity index (χ1v) is 7.14. The summed E-state index contributed by atoms with van der Waals surface area (Å²) in [6.45, 7) is 2.32. The zero-order valence-electron chi connectivity index (χ0n) is 11.6. The van der Waals surface area contributed by atoms with E-state index >= 15 is 0 Å². The lowest BCUT2D eigenvalue weighted by Crippen LogP contribution is -2.32. The second-order valence-electron chi connectivity index (χ2n) is 5.17. The number of rotatable bonds is 2. The maximum Gasteiger partial charge on any atom is 0.232 e. The Morgan fingerprint density at radius 3 is 3.05 bits per heavy atom. The van der Waals surface area contributed by atoms with E-state index in [1.165, 1.54) is 0 Å². The summed E-state index contributed by atoms with van der Waals surface area (Å²) < 4.78 is 5.63. The number of halogens is 1. The lowest BCUT2D eigenvalue weighted by molar-refractivity contribution is -0.121. The topological polar surface area (TPSA) is 51.2 Å². The third-order valence-corrected chi connectivity index (χ3v) is 3.70. The Balaban J connectivity index is 1.72. The number of benzene rings is 1. The van der Waals surface area contributed by atoms with Crippen LogP contribution in [-0.4, -0.2) is 17.5 Å². The normalized spacial score (nSPS) is 16.8. The van der Waals surface area contributed by atoms with Gasteiger partial charge in [0, 0.05) is 11.2 Å². The number of aryl methyl sites for hydroxylation is 1. The molecule has 0 saturated carbocycles. The van der Waals surface area contributed by atoms with Crippen LogP contribution >= 0.6 is 11.6 Å². The van der Waals surface area contributed by atoms with Crippen LogP contribution < -0.4 is 10.1 Å². The number of hydrogen-bond acceptors (Lipinski definition) is 3. The summed E-state index contributed by atoms with van der Waals surface area (Å²) in [6, 6.07) is 9.20. The molecule has 21 heavy (non-hydrogen) atoms. The number of hydrogen-bond donors (Lipinski definition) is 1. The molecular weight excluding hydrogens is 288 g/mol. The summed E-state index contributed by atoms with van der Waals surface area (Å²) in [5.41, 5.74) is 2.02. The molecular formula is C16H15ClN2O2. The molecule has 0 fully saturated rings. The fourth-order valence-corrected chi connectivity index (χ4v) is 2.56. The van der Waals surface area contributed by atoms with E-state index in [1.807, 2.05) is 31.2 Å². The van der Waals surface area contributed by atoms with E-state index in [0.717, 1.165) is 16.9 Å². The minimum atomic E-state index is -0.238. The van der Waals surface area contributed by atoms with E-state index in [0.29, 0.717) is 23.9 Å². The zero-order chi connectivity index (χ0) is 14.8. The van der Waals surface area contributed by atoms with Crippen LogP contribution in [0.2, 0.25) is 5.02 Å². The van der Waals surface area contributed by atoms with Crippen molar-refractivity contribution in [1.82, 2.24) is 4.98 Å². The molecule has 2 aromatic rings. The summed E-state index contributed by atoms with van der Waals surface area (Å²) in [7, 11) is 0. The molecule has 1 N–H and O–H groups in total. The average molecular weight is 303 g/mol. The van der Waals surface area contributed by atoms with Gasteiger partial charge in [0.25, 0.3) is 0 Å². The van der Waals surface area contributed by atoms with E-state index in [1.54, 1.807) is 12.3 Å². The molecule has 1 amide bonds. The maximum atomic E-state index is 12.3. The van der Waals surface area contributed by atoms with Crippen molar-refractivity contribution in [3.63, 3.8) is 0 Å². The Hall–Kier alpha value is -2.07. The van der Waals surface area contributed by atoms with Crippen LogP contribution in [0.5, 0.6) is 5.75 Å². The molecule has 1 aromatic heterocycles. The number of aromatic nitrogens is 1. The molecule has 1 atom stereocenters. The summed E-state index contributed by atoms with van der Waals surface area (Å²) in [4.78, 5) is 16.4. The van der Waals surface area contributed by atoms with Gasteiger partial charge in [-0.25, -0.2) is 4.98 Å². The van der Waals surface area contributed by atoms with Gasteiger partial charge in [-0.1, -0.05) is 11.6 Å². The number of anilines is 1. The van der Waals surface area contributed by atoms with E-state index in [9.17, 15) is 4.79 Å². The van der Waals surface area contributed by atoms with Gasteiger partial charge in [-0.05, 0) is 54.8 Å².